The van der Waals surface area contributed by atoms with Crippen molar-refractivity contribution in [3.63, 3.8) is 0 Å². The molecule has 5 rings (SSSR count). The fourth-order valence-corrected chi connectivity index (χ4v) is 5.45. The average molecular weight is 528 g/mol. The van der Waals surface area contributed by atoms with Crippen molar-refractivity contribution in [1.82, 2.24) is 9.47 Å². The molecule has 38 heavy (non-hydrogen) atoms. The van der Waals surface area contributed by atoms with Crippen molar-refractivity contribution in [3.05, 3.63) is 105 Å². The molecule has 3 amide bonds. The van der Waals surface area contributed by atoms with Gasteiger partial charge < -0.3 is 9.88 Å². The number of aryl methyl sites for hydroxylation is 1. The van der Waals surface area contributed by atoms with Gasteiger partial charge in [-0.3, -0.25) is 19.3 Å². The highest BCUT2D eigenvalue weighted by Gasteiger charge is 2.36. The van der Waals surface area contributed by atoms with Gasteiger partial charge in [-0.1, -0.05) is 48.5 Å². The topological polar surface area (TPSA) is 71.4 Å². The lowest BCUT2D eigenvalue weighted by atomic mass is 10.1. The summed E-state index contributed by atoms with van der Waals surface area (Å²) in [5.41, 5.74) is 5.68. The zero-order chi connectivity index (χ0) is 27.0. The molecule has 0 unspecified atom stereocenters. The maximum Gasteiger partial charge on any atom is 0.294 e. The highest BCUT2D eigenvalue weighted by atomic mass is 32.2. The smallest absolute Gasteiger partial charge is 0.294 e. The molecule has 4 aromatic rings. The van der Waals surface area contributed by atoms with Gasteiger partial charge in [0.25, 0.3) is 11.1 Å². The third-order valence-electron chi connectivity index (χ3n) is 6.90. The minimum atomic E-state index is -0.513. The average Bonchev–Trinajstić information content (AvgIpc) is 3.31. The Balaban J connectivity index is 1.42. The summed E-state index contributed by atoms with van der Waals surface area (Å²) in [6.07, 6.45) is 1.70. The molecule has 0 aliphatic carbocycles. The molecule has 1 N–H and O–H groups in total. The molecule has 0 radical (unpaired) electrons. The molecule has 1 fully saturated rings. The van der Waals surface area contributed by atoms with Crippen LogP contribution in [0.3, 0.4) is 0 Å². The molecule has 2 heterocycles. The zero-order valence-corrected chi connectivity index (χ0v) is 22.1. The molecule has 1 saturated heterocycles. The monoisotopic (exact) mass is 527 g/mol. The van der Waals surface area contributed by atoms with E-state index in [0.717, 1.165) is 49.9 Å². The van der Waals surface area contributed by atoms with Crippen molar-refractivity contribution in [1.29, 1.82) is 0 Å². The minimum Gasteiger partial charge on any atom is -0.340 e. The van der Waals surface area contributed by atoms with Crippen LogP contribution in [0.2, 0.25) is 0 Å². The highest BCUT2D eigenvalue weighted by molar-refractivity contribution is 8.18. The maximum atomic E-state index is 14.4. The summed E-state index contributed by atoms with van der Waals surface area (Å²) in [6.45, 7) is 5.71. The van der Waals surface area contributed by atoms with Crippen LogP contribution < -0.4 is 5.32 Å². The Bertz CT molecular complexity index is 1640. The number of carbonyl (C=O) groups is 3. The summed E-state index contributed by atoms with van der Waals surface area (Å²) >= 11 is 0.813. The molecule has 6 nitrogen and oxygen atoms in total. The van der Waals surface area contributed by atoms with Gasteiger partial charge in [-0.25, -0.2) is 4.39 Å². The Morgan fingerprint density at radius 2 is 1.71 bits per heavy atom. The van der Waals surface area contributed by atoms with E-state index in [0.29, 0.717) is 17.8 Å². The number of nitrogens with zero attached hydrogens (tertiary/aromatic N) is 2. The lowest BCUT2D eigenvalue weighted by Gasteiger charge is -2.14. The quantitative estimate of drug-likeness (QED) is 0.294. The van der Waals surface area contributed by atoms with Gasteiger partial charge in [0.15, 0.2) is 0 Å². The van der Waals surface area contributed by atoms with Gasteiger partial charge in [-0.2, -0.15) is 0 Å². The first kappa shape index (κ1) is 25.5. The van der Waals surface area contributed by atoms with Crippen LogP contribution in [0.25, 0.3) is 17.0 Å². The number of anilines is 1. The molecule has 0 spiro atoms. The van der Waals surface area contributed by atoms with Gasteiger partial charge >= 0.3 is 0 Å². The van der Waals surface area contributed by atoms with Crippen LogP contribution in [0.1, 0.15) is 27.9 Å². The Hall–Kier alpha value is -4.17. The van der Waals surface area contributed by atoms with Crippen molar-refractivity contribution in [2.75, 3.05) is 11.9 Å². The van der Waals surface area contributed by atoms with E-state index >= 15 is 0 Å². The number of para-hydroxylation sites is 1. The number of nitrogens with one attached hydrogen (secondary N) is 1. The van der Waals surface area contributed by atoms with Crippen molar-refractivity contribution in [2.45, 2.75) is 27.3 Å². The number of halogens is 1. The number of rotatable bonds is 6. The Labute approximate surface area is 224 Å². The number of imide groups is 1. The molecule has 0 saturated carbocycles. The lowest BCUT2D eigenvalue weighted by Crippen LogP contribution is -2.36. The fourth-order valence-electron chi connectivity index (χ4n) is 4.63. The molecule has 3 aromatic carbocycles. The summed E-state index contributed by atoms with van der Waals surface area (Å²) < 4.78 is 16.4. The summed E-state index contributed by atoms with van der Waals surface area (Å²) in [7, 11) is 0. The Morgan fingerprint density at radius 3 is 2.50 bits per heavy atom. The second kappa shape index (κ2) is 10.3. The third kappa shape index (κ3) is 4.75. The molecule has 192 valence electrons. The van der Waals surface area contributed by atoms with Crippen LogP contribution in [0.15, 0.2) is 71.6 Å². The number of amides is 3. The van der Waals surface area contributed by atoms with E-state index in [9.17, 15) is 18.8 Å². The van der Waals surface area contributed by atoms with E-state index in [-0.39, 0.29) is 17.3 Å². The SMILES string of the molecule is Cc1cccc(NC(=O)CN2C(=O)S/C(=C\c3c(C)n(Cc4ccccc4F)c4ccccc34)C2=O)c1C. The third-order valence-corrected chi connectivity index (χ3v) is 7.80. The number of thioether (sulfide) groups is 1. The van der Waals surface area contributed by atoms with Crippen LogP contribution in [0.4, 0.5) is 14.9 Å². The van der Waals surface area contributed by atoms with Crippen molar-refractivity contribution < 1.29 is 18.8 Å². The molecule has 1 aliphatic heterocycles. The first-order valence-electron chi connectivity index (χ1n) is 12.2. The van der Waals surface area contributed by atoms with E-state index in [1.165, 1.54) is 6.07 Å². The van der Waals surface area contributed by atoms with E-state index in [2.05, 4.69) is 5.32 Å². The maximum absolute atomic E-state index is 14.4. The van der Waals surface area contributed by atoms with E-state index in [4.69, 9.17) is 0 Å². The number of hydrogen-bond acceptors (Lipinski definition) is 4. The zero-order valence-electron chi connectivity index (χ0n) is 21.2. The first-order valence-corrected chi connectivity index (χ1v) is 13.0. The van der Waals surface area contributed by atoms with Gasteiger partial charge in [0, 0.05) is 33.4 Å². The number of aromatic nitrogens is 1. The standard InChI is InChI=1S/C30H26FN3O3S/c1-18-9-8-13-25(19(18)2)32-28(35)17-34-29(36)27(38-30(34)37)15-23-20(3)33(26-14-7-5-11-22(23)26)16-21-10-4-6-12-24(21)31/h4-15H,16-17H2,1-3H3,(H,32,35)/b27-15-. The molecular formula is C30H26FN3O3S. The van der Waals surface area contributed by atoms with Crippen LogP contribution in [0, 0.1) is 26.6 Å². The molecule has 0 atom stereocenters. The number of hydrogen-bond donors (Lipinski definition) is 1. The second-order valence-electron chi connectivity index (χ2n) is 9.26. The predicted octanol–water partition coefficient (Wildman–Crippen LogP) is 6.43. The van der Waals surface area contributed by atoms with Crippen LogP contribution in [-0.4, -0.2) is 33.1 Å². The predicted molar refractivity (Wildman–Crippen MR) is 149 cm³/mol. The first-order chi connectivity index (χ1) is 18.2. The molecule has 8 heteroatoms. The Morgan fingerprint density at radius 1 is 0.974 bits per heavy atom. The summed E-state index contributed by atoms with van der Waals surface area (Å²) in [4.78, 5) is 39.8. The van der Waals surface area contributed by atoms with Gasteiger partial charge in [0.1, 0.15) is 12.4 Å². The molecular weight excluding hydrogens is 501 g/mol. The second-order valence-corrected chi connectivity index (χ2v) is 10.3. The van der Waals surface area contributed by atoms with Crippen LogP contribution in [-0.2, 0) is 16.1 Å². The number of carbonyl (C=O) groups excluding carboxylic acids is 3. The Kier molecular flexibility index (Phi) is 6.91. The molecule has 1 aliphatic rings. The fraction of sp³-hybridized carbons (Fsp3) is 0.167. The van der Waals surface area contributed by atoms with Gasteiger partial charge in [-0.05, 0) is 67.9 Å². The van der Waals surface area contributed by atoms with Crippen LogP contribution >= 0.6 is 11.8 Å². The van der Waals surface area contributed by atoms with Crippen molar-refractivity contribution in [2.24, 2.45) is 0 Å². The van der Waals surface area contributed by atoms with Crippen LogP contribution in [0.5, 0.6) is 0 Å². The van der Waals surface area contributed by atoms with E-state index in [1.807, 2.05) is 61.7 Å². The van der Waals surface area contributed by atoms with Crippen molar-refractivity contribution >= 4 is 51.5 Å². The minimum absolute atomic E-state index is 0.242. The largest absolute Gasteiger partial charge is 0.340 e. The highest BCUT2D eigenvalue weighted by Crippen LogP contribution is 2.36. The summed E-state index contributed by atoms with van der Waals surface area (Å²) in [5, 5.41) is 3.19. The summed E-state index contributed by atoms with van der Waals surface area (Å²) in [6, 6.07) is 19.9. The van der Waals surface area contributed by atoms with E-state index in [1.54, 1.807) is 30.3 Å². The number of fused-ring (bicyclic) bond motifs is 1. The van der Waals surface area contributed by atoms with E-state index < -0.39 is 17.1 Å². The van der Waals surface area contributed by atoms with Gasteiger partial charge in [0.2, 0.25) is 5.91 Å². The lowest BCUT2D eigenvalue weighted by molar-refractivity contribution is -0.127. The van der Waals surface area contributed by atoms with Crippen molar-refractivity contribution in [3.8, 4) is 0 Å². The van der Waals surface area contributed by atoms with Gasteiger partial charge in [0.05, 0.1) is 11.4 Å². The number of benzene rings is 3. The molecule has 1 aromatic heterocycles. The molecule has 0 bridgehead atoms. The summed E-state index contributed by atoms with van der Waals surface area (Å²) in [5.74, 6) is -1.24. The normalized spacial score (nSPS) is 14.6. The van der Waals surface area contributed by atoms with Gasteiger partial charge in [-0.15, -0.1) is 0 Å².